The highest BCUT2D eigenvalue weighted by atomic mass is 16.1. The maximum atomic E-state index is 12.6. The number of aromatic nitrogens is 2. The van der Waals surface area contributed by atoms with Crippen molar-refractivity contribution < 1.29 is 4.79 Å². The van der Waals surface area contributed by atoms with Gasteiger partial charge in [-0.05, 0) is 63.6 Å². The van der Waals surface area contributed by atoms with E-state index < -0.39 is 0 Å². The Balaban J connectivity index is 1.67. The first kappa shape index (κ1) is 20.3. The van der Waals surface area contributed by atoms with Crippen LogP contribution in [0.15, 0.2) is 54.9 Å². The lowest BCUT2D eigenvalue weighted by Gasteiger charge is -2.22. The third kappa shape index (κ3) is 5.10. The largest absolute Gasteiger partial charge is 0.372 e. The van der Waals surface area contributed by atoms with Crippen LogP contribution in [0.1, 0.15) is 35.3 Å². The molecule has 0 aliphatic heterocycles. The van der Waals surface area contributed by atoms with E-state index in [1.54, 1.807) is 0 Å². The molecule has 0 spiro atoms. The molecule has 0 saturated heterocycles. The zero-order valence-electron chi connectivity index (χ0n) is 17.4. The van der Waals surface area contributed by atoms with Crippen molar-refractivity contribution in [2.24, 2.45) is 0 Å². The molecule has 6 nitrogen and oxygen atoms in total. The van der Waals surface area contributed by atoms with Crippen LogP contribution in [-0.2, 0) is 0 Å². The summed E-state index contributed by atoms with van der Waals surface area (Å²) < 4.78 is 0. The van der Waals surface area contributed by atoms with E-state index in [9.17, 15) is 4.79 Å². The van der Waals surface area contributed by atoms with Gasteiger partial charge in [0.05, 0.1) is 5.56 Å². The molecule has 0 aliphatic carbocycles. The highest BCUT2D eigenvalue weighted by Crippen LogP contribution is 2.23. The molecule has 2 N–H and O–H groups in total. The maximum Gasteiger partial charge on any atom is 0.258 e. The van der Waals surface area contributed by atoms with Crippen molar-refractivity contribution in [3.63, 3.8) is 0 Å². The summed E-state index contributed by atoms with van der Waals surface area (Å²) in [5, 5.41) is 6.07. The lowest BCUT2D eigenvalue weighted by molar-refractivity contribution is 0.102. The van der Waals surface area contributed by atoms with Crippen molar-refractivity contribution >= 4 is 28.9 Å². The predicted octanol–water partition coefficient (Wildman–Crippen LogP) is 4.94. The number of amides is 1. The summed E-state index contributed by atoms with van der Waals surface area (Å²) in [7, 11) is 0. The molecule has 0 radical (unpaired) electrons. The first-order chi connectivity index (χ1) is 14.0. The maximum absolute atomic E-state index is 12.6. The second-order valence-electron chi connectivity index (χ2n) is 6.91. The lowest BCUT2D eigenvalue weighted by Crippen LogP contribution is -2.22. The van der Waals surface area contributed by atoms with Crippen molar-refractivity contribution in [2.75, 3.05) is 28.6 Å². The molecule has 2 aromatic carbocycles. The van der Waals surface area contributed by atoms with Crippen LogP contribution in [0.4, 0.5) is 23.0 Å². The molecule has 29 heavy (non-hydrogen) atoms. The average Bonchev–Trinajstić information content (AvgIpc) is 2.73. The molecular formula is C23H27N5O. The highest BCUT2D eigenvalue weighted by Gasteiger charge is 2.11. The van der Waals surface area contributed by atoms with E-state index in [1.165, 1.54) is 18.0 Å². The summed E-state index contributed by atoms with van der Waals surface area (Å²) in [6.07, 6.45) is 3.05. The molecule has 0 saturated carbocycles. The number of anilines is 4. The van der Waals surface area contributed by atoms with Gasteiger partial charge in [-0.2, -0.15) is 0 Å². The van der Waals surface area contributed by atoms with Crippen molar-refractivity contribution in [1.82, 2.24) is 9.97 Å². The number of benzene rings is 2. The highest BCUT2D eigenvalue weighted by molar-refractivity contribution is 6.04. The fourth-order valence-corrected chi connectivity index (χ4v) is 3.04. The van der Waals surface area contributed by atoms with Gasteiger partial charge in [0.25, 0.3) is 5.91 Å². The first-order valence-electron chi connectivity index (χ1n) is 9.82. The number of aryl methyl sites for hydroxylation is 2. The molecule has 1 heterocycles. The molecule has 3 aromatic rings. The Bertz CT molecular complexity index is 964. The Kier molecular flexibility index (Phi) is 6.44. The zero-order chi connectivity index (χ0) is 20.8. The minimum absolute atomic E-state index is 0.231. The quantitative estimate of drug-likeness (QED) is 0.599. The third-order valence-corrected chi connectivity index (χ3v) is 4.81. The van der Waals surface area contributed by atoms with E-state index in [0.717, 1.165) is 35.7 Å². The fraction of sp³-hybridized carbons (Fsp3) is 0.261. The zero-order valence-corrected chi connectivity index (χ0v) is 17.4. The van der Waals surface area contributed by atoms with E-state index in [2.05, 4.69) is 45.4 Å². The Morgan fingerprint density at radius 2 is 1.62 bits per heavy atom. The molecule has 0 atom stereocenters. The summed E-state index contributed by atoms with van der Waals surface area (Å²) in [6, 6.07) is 14.0. The molecule has 0 fully saturated rings. The number of hydrogen-bond acceptors (Lipinski definition) is 5. The minimum atomic E-state index is -0.231. The number of rotatable bonds is 7. The average molecular weight is 390 g/mol. The predicted molar refractivity (Wildman–Crippen MR) is 119 cm³/mol. The van der Waals surface area contributed by atoms with E-state index >= 15 is 0 Å². The number of hydrogen-bond donors (Lipinski definition) is 2. The van der Waals surface area contributed by atoms with E-state index in [1.807, 2.05) is 50.2 Å². The van der Waals surface area contributed by atoms with Gasteiger partial charge in [-0.3, -0.25) is 4.79 Å². The normalized spacial score (nSPS) is 10.5. The Morgan fingerprint density at radius 3 is 2.21 bits per heavy atom. The van der Waals surface area contributed by atoms with Crippen molar-refractivity contribution in [3.05, 3.63) is 71.5 Å². The van der Waals surface area contributed by atoms with E-state index in [0.29, 0.717) is 11.5 Å². The van der Waals surface area contributed by atoms with Crippen molar-refractivity contribution in [1.29, 1.82) is 0 Å². The van der Waals surface area contributed by atoms with Crippen molar-refractivity contribution in [2.45, 2.75) is 27.7 Å². The Morgan fingerprint density at radius 1 is 0.966 bits per heavy atom. The summed E-state index contributed by atoms with van der Waals surface area (Å²) in [5.74, 6) is 0.218. The molecule has 0 aliphatic rings. The summed E-state index contributed by atoms with van der Waals surface area (Å²) >= 11 is 0. The van der Waals surface area contributed by atoms with Gasteiger partial charge >= 0.3 is 0 Å². The fourth-order valence-electron chi connectivity index (χ4n) is 3.04. The minimum Gasteiger partial charge on any atom is -0.372 e. The Hall–Kier alpha value is -3.41. The van der Waals surface area contributed by atoms with E-state index in [-0.39, 0.29) is 5.91 Å². The number of carbonyl (C=O) groups is 1. The van der Waals surface area contributed by atoms with Crippen LogP contribution < -0.4 is 15.5 Å². The number of nitrogens with one attached hydrogen (secondary N) is 2. The van der Waals surface area contributed by atoms with E-state index in [4.69, 9.17) is 0 Å². The molecular weight excluding hydrogens is 362 g/mol. The van der Waals surface area contributed by atoms with Gasteiger partial charge in [-0.1, -0.05) is 17.7 Å². The molecule has 150 valence electrons. The van der Waals surface area contributed by atoms with Crippen LogP contribution in [0.5, 0.6) is 0 Å². The van der Waals surface area contributed by atoms with Crippen LogP contribution >= 0.6 is 0 Å². The van der Waals surface area contributed by atoms with Gasteiger partial charge in [-0.25, -0.2) is 9.97 Å². The second-order valence-corrected chi connectivity index (χ2v) is 6.91. The smallest absolute Gasteiger partial charge is 0.258 e. The monoisotopic (exact) mass is 389 g/mol. The number of nitrogens with zero attached hydrogens (tertiary/aromatic N) is 3. The molecule has 0 bridgehead atoms. The van der Waals surface area contributed by atoms with Gasteiger partial charge in [0.15, 0.2) is 0 Å². The summed E-state index contributed by atoms with van der Waals surface area (Å²) in [4.78, 5) is 23.4. The van der Waals surface area contributed by atoms with Gasteiger partial charge < -0.3 is 15.5 Å². The van der Waals surface area contributed by atoms with Crippen LogP contribution in [0.25, 0.3) is 0 Å². The van der Waals surface area contributed by atoms with Crippen molar-refractivity contribution in [3.8, 4) is 0 Å². The number of carbonyl (C=O) groups excluding carboxylic acids is 1. The molecule has 6 heteroatoms. The molecule has 0 unspecified atom stereocenters. The van der Waals surface area contributed by atoms with Crippen LogP contribution in [-0.4, -0.2) is 29.0 Å². The van der Waals surface area contributed by atoms with Crippen LogP contribution in [0.2, 0.25) is 0 Å². The topological polar surface area (TPSA) is 70.2 Å². The van der Waals surface area contributed by atoms with Crippen LogP contribution in [0.3, 0.4) is 0 Å². The van der Waals surface area contributed by atoms with Crippen LogP contribution in [0, 0.1) is 13.8 Å². The van der Waals surface area contributed by atoms with Gasteiger partial charge in [0, 0.05) is 42.5 Å². The molecule has 3 rings (SSSR count). The van der Waals surface area contributed by atoms with Gasteiger partial charge in [0.2, 0.25) is 5.95 Å². The molecule has 1 amide bonds. The SMILES string of the molecule is CCN(CC)c1ccc(NC(=O)c2cnc(Nc3ccc(C)cc3)nc2)c(C)c1. The summed E-state index contributed by atoms with van der Waals surface area (Å²) in [6.45, 7) is 10.2. The second kappa shape index (κ2) is 9.19. The third-order valence-electron chi connectivity index (χ3n) is 4.81. The summed E-state index contributed by atoms with van der Waals surface area (Å²) in [5.41, 5.74) is 5.45. The molecule has 1 aromatic heterocycles. The van der Waals surface area contributed by atoms with Gasteiger partial charge in [-0.15, -0.1) is 0 Å². The van der Waals surface area contributed by atoms with Gasteiger partial charge in [0.1, 0.15) is 0 Å². The lowest BCUT2D eigenvalue weighted by atomic mass is 10.1. The first-order valence-corrected chi connectivity index (χ1v) is 9.82. The Labute approximate surface area is 172 Å². The standard InChI is InChI=1S/C23H27N5O/c1-5-28(6-2)20-11-12-21(17(4)13-20)27-22(29)18-14-24-23(25-15-18)26-19-9-7-16(3)8-10-19/h7-15H,5-6H2,1-4H3,(H,27,29)(H,24,25,26).